The third kappa shape index (κ3) is 2.00. The summed E-state index contributed by atoms with van der Waals surface area (Å²) in [6.07, 6.45) is 0. The van der Waals surface area contributed by atoms with Gasteiger partial charge >= 0.3 is 5.97 Å². The summed E-state index contributed by atoms with van der Waals surface area (Å²) in [5, 5.41) is 0. The number of hydrazine groups is 1. The number of nitrogens with two attached hydrogens (primary N) is 1. The normalized spacial score (nSPS) is 9.64. The average Bonchev–Trinajstić information content (AvgIpc) is 2.17. The van der Waals surface area contributed by atoms with E-state index in [-0.39, 0.29) is 17.9 Å². The number of hydrogen-bond acceptors (Lipinski definition) is 4. The minimum Gasteiger partial charge on any atom is -0.462 e. The average molecular weight is 198 g/mol. The van der Waals surface area contributed by atoms with E-state index in [2.05, 4.69) is 5.43 Å². The van der Waals surface area contributed by atoms with E-state index in [0.717, 1.165) is 0 Å². The second-order valence-electron chi connectivity index (χ2n) is 2.53. The van der Waals surface area contributed by atoms with Crippen LogP contribution in [0.1, 0.15) is 17.3 Å². The molecule has 1 rings (SSSR count). The highest BCUT2D eigenvalue weighted by Gasteiger charge is 2.14. The maximum Gasteiger partial charge on any atom is 0.340 e. The van der Waals surface area contributed by atoms with Gasteiger partial charge in [0.1, 0.15) is 5.82 Å². The zero-order chi connectivity index (χ0) is 10.6. The molecule has 0 radical (unpaired) electrons. The fourth-order valence-electron chi connectivity index (χ4n) is 1.05. The van der Waals surface area contributed by atoms with E-state index < -0.39 is 11.8 Å². The Morgan fingerprint density at radius 1 is 1.64 bits per heavy atom. The van der Waals surface area contributed by atoms with E-state index in [0.29, 0.717) is 0 Å². The molecule has 0 bridgehead atoms. The van der Waals surface area contributed by atoms with Crippen molar-refractivity contribution in [2.24, 2.45) is 5.84 Å². The van der Waals surface area contributed by atoms with E-state index in [4.69, 9.17) is 10.6 Å². The predicted octanol–water partition coefficient (Wildman–Crippen LogP) is 1.29. The zero-order valence-corrected chi connectivity index (χ0v) is 7.71. The van der Waals surface area contributed by atoms with Crippen LogP contribution in [0.4, 0.5) is 10.1 Å². The first-order valence-electron chi connectivity index (χ1n) is 4.13. The molecule has 14 heavy (non-hydrogen) atoms. The molecular weight excluding hydrogens is 187 g/mol. The molecule has 5 heteroatoms. The lowest BCUT2D eigenvalue weighted by molar-refractivity contribution is 0.0527. The summed E-state index contributed by atoms with van der Waals surface area (Å²) >= 11 is 0. The van der Waals surface area contributed by atoms with Gasteiger partial charge in [-0.3, -0.25) is 5.84 Å². The predicted molar refractivity (Wildman–Crippen MR) is 50.2 cm³/mol. The Morgan fingerprint density at radius 3 is 2.93 bits per heavy atom. The van der Waals surface area contributed by atoms with Crippen LogP contribution >= 0.6 is 0 Å². The number of carbonyl (C=O) groups excluding carboxylic acids is 1. The summed E-state index contributed by atoms with van der Waals surface area (Å²) < 4.78 is 17.8. The van der Waals surface area contributed by atoms with Gasteiger partial charge in [0.15, 0.2) is 0 Å². The Hall–Kier alpha value is -1.62. The number of esters is 1. The van der Waals surface area contributed by atoms with Gasteiger partial charge in [0, 0.05) is 0 Å². The molecule has 0 aliphatic rings. The van der Waals surface area contributed by atoms with Crippen molar-refractivity contribution < 1.29 is 13.9 Å². The molecule has 0 atom stereocenters. The minimum absolute atomic E-state index is 0.0500. The third-order valence-corrected chi connectivity index (χ3v) is 1.65. The minimum atomic E-state index is -0.597. The quantitative estimate of drug-likeness (QED) is 0.436. The Kier molecular flexibility index (Phi) is 3.41. The van der Waals surface area contributed by atoms with Crippen LogP contribution in [0.25, 0.3) is 0 Å². The number of nitrogens with one attached hydrogen (secondary N) is 1. The number of nitrogen functional groups attached to an aromatic ring is 1. The van der Waals surface area contributed by atoms with E-state index in [1.807, 2.05) is 0 Å². The van der Waals surface area contributed by atoms with E-state index in [1.165, 1.54) is 18.2 Å². The topological polar surface area (TPSA) is 64.3 Å². The summed E-state index contributed by atoms with van der Waals surface area (Å²) in [6, 6.07) is 4.07. The molecule has 0 heterocycles. The van der Waals surface area contributed by atoms with Gasteiger partial charge in [0.05, 0.1) is 17.9 Å². The van der Waals surface area contributed by atoms with Crippen LogP contribution in [0.5, 0.6) is 0 Å². The standard InChI is InChI=1S/C9H11FN2O2/c1-2-14-9(13)6-4-3-5-7(10)8(6)12-11/h3-5,12H,2,11H2,1H3. The number of benzene rings is 1. The first-order valence-corrected chi connectivity index (χ1v) is 4.13. The molecule has 3 N–H and O–H groups in total. The molecule has 0 saturated carbocycles. The molecular formula is C9H11FN2O2. The third-order valence-electron chi connectivity index (χ3n) is 1.65. The first-order chi connectivity index (χ1) is 6.70. The SMILES string of the molecule is CCOC(=O)c1cccc(F)c1NN. The van der Waals surface area contributed by atoms with Crippen LogP contribution in [0.15, 0.2) is 18.2 Å². The second-order valence-corrected chi connectivity index (χ2v) is 2.53. The van der Waals surface area contributed by atoms with Gasteiger partial charge in [-0.05, 0) is 19.1 Å². The molecule has 0 saturated heterocycles. The molecule has 0 fully saturated rings. The smallest absolute Gasteiger partial charge is 0.340 e. The summed E-state index contributed by atoms with van der Waals surface area (Å²) in [7, 11) is 0. The fraction of sp³-hybridized carbons (Fsp3) is 0.222. The molecule has 0 aromatic heterocycles. The molecule has 4 nitrogen and oxygen atoms in total. The number of hydrogen-bond donors (Lipinski definition) is 2. The van der Waals surface area contributed by atoms with Gasteiger partial charge in [-0.15, -0.1) is 0 Å². The van der Waals surface area contributed by atoms with Gasteiger partial charge in [-0.2, -0.15) is 0 Å². The van der Waals surface area contributed by atoms with Crippen LogP contribution < -0.4 is 11.3 Å². The Bertz CT molecular complexity index is 342. The van der Waals surface area contributed by atoms with Crippen LogP contribution in [-0.2, 0) is 4.74 Å². The van der Waals surface area contributed by atoms with Crippen LogP contribution in [0.3, 0.4) is 0 Å². The van der Waals surface area contributed by atoms with Crippen molar-refractivity contribution >= 4 is 11.7 Å². The molecule has 0 spiro atoms. The lowest BCUT2D eigenvalue weighted by Crippen LogP contribution is -2.15. The molecule has 0 amide bonds. The van der Waals surface area contributed by atoms with Crippen LogP contribution in [0, 0.1) is 5.82 Å². The fourth-order valence-corrected chi connectivity index (χ4v) is 1.05. The van der Waals surface area contributed by atoms with Crippen molar-refractivity contribution in [3.8, 4) is 0 Å². The molecule has 1 aromatic carbocycles. The molecule has 76 valence electrons. The van der Waals surface area contributed by atoms with Crippen molar-refractivity contribution in [2.75, 3.05) is 12.0 Å². The maximum absolute atomic E-state index is 13.1. The highest BCUT2D eigenvalue weighted by atomic mass is 19.1. The Labute approximate surface area is 80.8 Å². The van der Waals surface area contributed by atoms with Crippen molar-refractivity contribution in [1.29, 1.82) is 0 Å². The summed E-state index contributed by atoms with van der Waals surface area (Å²) in [5.41, 5.74) is 2.17. The summed E-state index contributed by atoms with van der Waals surface area (Å²) in [6.45, 7) is 1.91. The van der Waals surface area contributed by atoms with Gasteiger partial charge in [-0.1, -0.05) is 6.07 Å². The van der Waals surface area contributed by atoms with E-state index >= 15 is 0 Å². The number of anilines is 1. The van der Waals surface area contributed by atoms with Crippen molar-refractivity contribution in [2.45, 2.75) is 6.92 Å². The number of rotatable bonds is 3. The Morgan fingerprint density at radius 2 is 2.36 bits per heavy atom. The van der Waals surface area contributed by atoms with Crippen molar-refractivity contribution in [1.82, 2.24) is 0 Å². The van der Waals surface area contributed by atoms with Crippen LogP contribution in [0.2, 0.25) is 0 Å². The number of carbonyl (C=O) groups is 1. The second kappa shape index (κ2) is 4.57. The van der Waals surface area contributed by atoms with Crippen LogP contribution in [-0.4, -0.2) is 12.6 Å². The van der Waals surface area contributed by atoms with Gasteiger partial charge in [-0.25, -0.2) is 9.18 Å². The number of halogens is 1. The zero-order valence-electron chi connectivity index (χ0n) is 7.71. The molecule has 0 unspecified atom stereocenters. The monoisotopic (exact) mass is 198 g/mol. The molecule has 1 aromatic rings. The van der Waals surface area contributed by atoms with Crippen molar-refractivity contribution in [3.05, 3.63) is 29.6 Å². The Balaban J connectivity index is 3.07. The lowest BCUT2D eigenvalue weighted by Gasteiger charge is -2.08. The maximum atomic E-state index is 13.1. The molecule has 0 aliphatic heterocycles. The number of para-hydroxylation sites is 1. The summed E-state index contributed by atoms with van der Waals surface area (Å²) in [5.74, 6) is 3.91. The van der Waals surface area contributed by atoms with E-state index in [1.54, 1.807) is 6.92 Å². The van der Waals surface area contributed by atoms with Gasteiger partial charge < -0.3 is 10.2 Å². The molecule has 0 aliphatic carbocycles. The van der Waals surface area contributed by atoms with Crippen molar-refractivity contribution in [3.63, 3.8) is 0 Å². The van der Waals surface area contributed by atoms with Gasteiger partial charge in [0.25, 0.3) is 0 Å². The van der Waals surface area contributed by atoms with Gasteiger partial charge in [0.2, 0.25) is 0 Å². The van der Waals surface area contributed by atoms with E-state index in [9.17, 15) is 9.18 Å². The number of ether oxygens (including phenoxy) is 1. The highest BCUT2D eigenvalue weighted by Crippen LogP contribution is 2.19. The largest absolute Gasteiger partial charge is 0.462 e. The lowest BCUT2D eigenvalue weighted by atomic mass is 10.2. The first kappa shape index (κ1) is 10.5. The summed E-state index contributed by atoms with van der Waals surface area (Å²) in [4.78, 5) is 11.3. The highest BCUT2D eigenvalue weighted by molar-refractivity contribution is 5.95.